The van der Waals surface area contributed by atoms with Gasteiger partial charge in [0.2, 0.25) is 5.91 Å². The first-order valence-corrected chi connectivity index (χ1v) is 5.71. The molecule has 2 rings (SSSR count). The van der Waals surface area contributed by atoms with Gasteiger partial charge in [0.25, 0.3) is 0 Å². The third kappa shape index (κ3) is 2.64. The van der Waals surface area contributed by atoms with E-state index in [9.17, 15) is 9.59 Å². The zero-order chi connectivity index (χ0) is 12.3. The van der Waals surface area contributed by atoms with Crippen molar-refractivity contribution in [3.63, 3.8) is 0 Å². The summed E-state index contributed by atoms with van der Waals surface area (Å²) in [4.78, 5) is 24.7. The lowest BCUT2D eigenvalue weighted by molar-refractivity contribution is -0.148. The summed E-state index contributed by atoms with van der Waals surface area (Å²) in [6.45, 7) is 3.23. The monoisotopic (exact) mass is 233 g/mol. The van der Waals surface area contributed by atoms with Gasteiger partial charge in [-0.2, -0.15) is 0 Å². The number of carbonyl (C=O) groups excluding carboxylic acids is 2. The number of benzene rings is 1. The molecular weight excluding hydrogens is 218 g/mol. The summed E-state index contributed by atoms with van der Waals surface area (Å²) in [6, 6.07) is 7.93. The summed E-state index contributed by atoms with van der Waals surface area (Å²) in [5.41, 5.74) is 2.31. The molecule has 4 heteroatoms. The molecule has 17 heavy (non-hydrogen) atoms. The van der Waals surface area contributed by atoms with E-state index in [-0.39, 0.29) is 12.3 Å². The van der Waals surface area contributed by atoms with E-state index in [0.29, 0.717) is 19.7 Å². The van der Waals surface area contributed by atoms with Gasteiger partial charge in [0.15, 0.2) is 0 Å². The number of fused-ring (bicyclic) bond motifs is 1. The van der Waals surface area contributed by atoms with Gasteiger partial charge < -0.3 is 9.64 Å². The number of nitrogens with zero attached hydrogens (tertiary/aromatic N) is 1. The van der Waals surface area contributed by atoms with Crippen molar-refractivity contribution in [2.45, 2.75) is 26.4 Å². The first-order chi connectivity index (χ1) is 8.20. The smallest absolute Gasteiger partial charge is 0.315 e. The number of ether oxygens (including phenoxy) is 1. The van der Waals surface area contributed by atoms with Crippen molar-refractivity contribution >= 4 is 11.9 Å². The summed E-state index contributed by atoms with van der Waals surface area (Å²) >= 11 is 0. The summed E-state index contributed by atoms with van der Waals surface area (Å²) in [7, 11) is 0. The van der Waals surface area contributed by atoms with Crippen LogP contribution in [-0.2, 0) is 27.4 Å². The Bertz CT molecular complexity index is 417. The van der Waals surface area contributed by atoms with Gasteiger partial charge in [0.05, 0.1) is 6.61 Å². The van der Waals surface area contributed by atoms with Gasteiger partial charge in [-0.25, -0.2) is 0 Å². The predicted molar refractivity (Wildman–Crippen MR) is 61.9 cm³/mol. The normalized spacial score (nSPS) is 13.4. The Morgan fingerprint density at radius 3 is 2.35 bits per heavy atom. The highest BCUT2D eigenvalue weighted by atomic mass is 16.5. The van der Waals surface area contributed by atoms with E-state index >= 15 is 0 Å². The lowest BCUT2D eigenvalue weighted by Crippen LogP contribution is -2.28. The first kappa shape index (κ1) is 11.6. The Morgan fingerprint density at radius 2 is 1.82 bits per heavy atom. The molecule has 0 spiro atoms. The molecule has 0 saturated heterocycles. The largest absolute Gasteiger partial charge is 0.466 e. The second kappa shape index (κ2) is 4.99. The molecule has 0 saturated carbocycles. The minimum absolute atomic E-state index is 0.165. The molecular formula is C13H15NO3. The third-order valence-corrected chi connectivity index (χ3v) is 2.79. The Labute approximate surface area is 100 Å². The molecule has 1 aromatic carbocycles. The van der Waals surface area contributed by atoms with Crippen molar-refractivity contribution in [3.05, 3.63) is 35.4 Å². The molecule has 1 heterocycles. The van der Waals surface area contributed by atoms with Gasteiger partial charge in [-0.1, -0.05) is 24.3 Å². The number of hydrogen-bond acceptors (Lipinski definition) is 3. The summed E-state index contributed by atoms with van der Waals surface area (Å²) < 4.78 is 4.76. The lowest BCUT2D eigenvalue weighted by Gasteiger charge is -2.14. The van der Waals surface area contributed by atoms with Gasteiger partial charge in [-0.15, -0.1) is 0 Å². The van der Waals surface area contributed by atoms with Crippen LogP contribution in [0.2, 0.25) is 0 Å². The quantitative estimate of drug-likeness (QED) is 0.587. The van der Waals surface area contributed by atoms with Crippen molar-refractivity contribution in [2.75, 3.05) is 6.61 Å². The second-order valence-corrected chi connectivity index (χ2v) is 4.00. The highest BCUT2D eigenvalue weighted by Crippen LogP contribution is 2.22. The van der Waals surface area contributed by atoms with E-state index in [0.717, 1.165) is 11.1 Å². The molecule has 0 aliphatic carbocycles. The highest BCUT2D eigenvalue weighted by Gasteiger charge is 2.24. The van der Waals surface area contributed by atoms with Gasteiger partial charge in [-0.05, 0) is 18.1 Å². The van der Waals surface area contributed by atoms with Crippen LogP contribution in [0.4, 0.5) is 0 Å². The van der Waals surface area contributed by atoms with Gasteiger partial charge in [0.1, 0.15) is 6.42 Å². The molecule has 0 bridgehead atoms. The number of carbonyl (C=O) groups is 2. The minimum atomic E-state index is -0.451. The molecule has 90 valence electrons. The van der Waals surface area contributed by atoms with Crippen molar-refractivity contribution in [1.82, 2.24) is 4.90 Å². The van der Waals surface area contributed by atoms with Gasteiger partial charge in [-0.3, -0.25) is 9.59 Å². The van der Waals surface area contributed by atoms with Crippen LogP contribution in [0.5, 0.6) is 0 Å². The van der Waals surface area contributed by atoms with Gasteiger partial charge in [0, 0.05) is 13.1 Å². The van der Waals surface area contributed by atoms with E-state index in [2.05, 4.69) is 0 Å². The van der Waals surface area contributed by atoms with Crippen molar-refractivity contribution in [2.24, 2.45) is 0 Å². The molecule has 4 nitrogen and oxygen atoms in total. The van der Waals surface area contributed by atoms with Crippen LogP contribution < -0.4 is 0 Å². The summed E-state index contributed by atoms with van der Waals surface area (Å²) in [5.74, 6) is -0.617. The van der Waals surface area contributed by atoms with E-state index in [1.54, 1.807) is 11.8 Å². The molecule has 0 fully saturated rings. The third-order valence-electron chi connectivity index (χ3n) is 2.79. The van der Waals surface area contributed by atoms with Crippen LogP contribution in [-0.4, -0.2) is 23.4 Å². The molecule has 0 unspecified atom stereocenters. The molecule has 0 aromatic heterocycles. The Balaban J connectivity index is 1.94. The maximum atomic E-state index is 11.8. The summed E-state index contributed by atoms with van der Waals surface area (Å²) in [5, 5.41) is 0. The zero-order valence-electron chi connectivity index (χ0n) is 9.81. The first-order valence-electron chi connectivity index (χ1n) is 5.71. The lowest BCUT2D eigenvalue weighted by atomic mass is 10.1. The fourth-order valence-corrected chi connectivity index (χ4v) is 1.96. The van der Waals surface area contributed by atoms with E-state index in [1.165, 1.54) is 0 Å². The van der Waals surface area contributed by atoms with E-state index < -0.39 is 5.97 Å². The van der Waals surface area contributed by atoms with Crippen molar-refractivity contribution in [1.29, 1.82) is 0 Å². The van der Waals surface area contributed by atoms with Gasteiger partial charge >= 0.3 is 5.97 Å². The van der Waals surface area contributed by atoms with Crippen LogP contribution in [0, 0.1) is 0 Å². The maximum absolute atomic E-state index is 11.8. The second-order valence-electron chi connectivity index (χ2n) is 4.00. The maximum Gasteiger partial charge on any atom is 0.315 e. The average Bonchev–Trinajstić information content (AvgIpc) is 2.72. The molecule has 0 atom stereocenters. The number of amides is 1. The Morgan fingerprint density at radius 1 is 1.24 bits per heavy atom. The predicted octanol–water partition coefficient (Wildman–Crippen LogP) is 1.48. The molecule has 1 aliphatic heterocycles. The highest BCUT2D eigenvalue weighted by molar-refractivity contribution is 5.94. The topological polar surface area (TPSA) is 46.6 Å². The number of esters is 1. The molecule has 1 amide bonds. The van der Waals surface area contributed by atoms with E-state index in [1.807, 2.05) is 24.3 Å². The standard InChI is InChI=1S/C13H15NO3/c1-2-17-13(16)7-12(15)14-8-10-5-3-4-6-11(10)9-14/h3-6H,2,7-9H2,1H3. The van der Waals surface area contributed by atoms with Crippen LogP contribution in [0.3, 0.4) is 0 Å². The van der Waals surface area contributed by atoms with Crippen LogP contribution in [0.15, 0.2) is 24.3 Å². The zero-order valence-corrected chi connectivity index (χ0v) is 9.81. The van der Waals surface area contributed by atoms with Crippen LogP contribution >= 0.6 is 0 Å². The average molecular weight is 233 g/mol. The molecule has 0 N–H and O–H groups in total. The Kier molecular flexibility index (Phi) is 3.42. The number of rotatable bonds is 3. The molecule has 1 aromatic rings. The molecule has 1 aliphatic rings. The van der Waals surface area contributed by atoms with Crippen LogP contribution in [0.1, 0.15) is 24.5 Å². The fourth-order valence-electron chi connectivity index (χ4n) is 1.96. The minimum Gasteiger partial charge on any atom is -0.466 e. The number of hydrogen-bond donors (Lipinski definition) is 0. The Hall–Kier alpha value is -1.84. The molecule has 0 radical (unpaired) electrons. The van der Waals surface area contributed by atoms with Crippen molar-refractivity contribution in [3.8, 4) is 0 Å². The van der Waals surface area contributed by atoms with Crippen LogP contribution in [0.25, 0.3) is 0 Å². The van der Waals surface area contributed by atoms with Crippen molar-refractivity contribution < 1.29 is 14.3 Å². The summed E-state index contributed by atoms with van der Waals surface area (Å²) in [6.07, 6.45) is -0.165. The fraction of sp³-hybridized carbons (Fsp3) is 0.385. The van der Waals surface area contributed by atoms with E-state index in [4.69, 9.17) is 4.74 Å². The SMILES string of the molecule is CCOC(=O)CC(=O)N1Cc2ccccc2C1.